The molecule has 9 nitrogen and oxygen atoms in total. The van der Waals surface area contributed by atoms with Crippen molar-refractivity contribution in [3.05, 3.63) is 27.7 Å². The average molecular weight is 396 g/mol. The number of carbonyl (C=O) groups is 2. The van der Waals surface area contributed by atoms with Crippen LogP contribution in [-0.2, 0) is 14.2 Å². The van der Waals surface area contributed by atoms with E-state index in [1.807, 2.05) is 0 Å². The third kappa shape index (κ3) is 4.30. The number of rotatable bonds is 4. The molecule has 0 bridgehead atoms. The van der Waals surface area contributed by atoms with Gasteiger partial charge in [-0.15, -0.1) is 0 Å². The van der Waals surface area contributed by atoms with Gasteiger partial charge in [-0.1, -0.05) is 0 Å². The lowest BCUT2D eigenvalue weighted by molar-refractivity contribution is 0.0186. The zero-order valence-electron chi connectivity index (χ0n) is 17.4. The Morgan fingerprint density at radius 3 is 2.43 bits per heavy atom. The fourth-order valence-electron chi connectivity index (χ4n) is 3.18. The highest BCUT2D eigenvalue weighted by molar-refractivity contribution is 5.89. The van der Waals surface area contributed by atoms with Crippen molar-refractivity contribution in [2.45, 2.75) is 45.4 Å². The number of ether oxygens (including phenoxy) is 4. The van der Waals surface area contributed by atoms with Crippen LogP contribution < -0.4 is 10.2 Å². The van der Waals surface area contributed by atoms with Crippen molar-refractivity contribution in [3.63, 3.8) is 0 Å². The van der Waals surface area contributed by atoms with Crippen LogP contribution in [0.5, 0.6) is 5.75 Å². The lowest BCUT2D eigenvalue weighted by atomic mass is 10.1. The SMILES string of the molecule is COC(=O)c1cn([C@@H]2COC[C@H]2N(C)C(=O)OC(C)(C)C)c(C)c(OC)c1=O. The van der Waals surface area contributed by atoms with Gasteiger partial charge in [0.05, 0.1) is 45.2 Å². The minimum Gasteiger partial charge on any atom is -0.491 e. The van der Waals surface area contributed by atoms with Crippen molar-refractivity contribution in [1.82, 2.24) is 9.47 Å². The van der Waals surface area contributed by atoms with Crippen LogP contribution in [0.1, 0.15) is 42.9 Å². The molecule has 0 aliphatic carbocycles. The van der Waals surface area contributed by atoms with Gasteiger partial charge in [-0.3, -0.25) is 4.79 Å². The Hall–Kier alpha value is -2.55. The van der Waals surface area contributed by atoms with E-state index in [1.54, 1.807) is 39.3 Å². The van der Waals surface area contributed by atoms with Crippen LogP contribution in [0.25, 0.3) is 0 Å². The fraction of sp³-hybridized carbons (Fsp3) is 0.632. The van der Waals surface area contributed by atoms with E-state index in [2.05, 4.69) is 0 Å². The highest BCUT2D eigenvalue weighted by Crippen LogP contribution is 2.28. The molecule has 2 rings (SSSR count). The van der Waals surface area contributed by atoms with Crippen molar-refractivity contribution >= 4 is 12.1 Å². The first-order valence-electron chi connectivity index (χ1n) is 8.93. The van der Waals surface area contributed by atoms with Crippen LogP contribution in [-0.4, -0.2) is 67.7 Å². The van der Waals surface area contributed by atoms with Crippen LogP contribution >= 0.6 is 0 Å². The molecule has 1 aliphatic rings. The van der Waals surface area contributed by atoms with Crippen LogP contribution in [0.3, 0.4) is 0 Å². The number of aromatic nitrogens is 1. The van der Waals surface area contributed by atoms with Crippen LogP contribution in [0.2, 0.25) is 0 Å². The summed E-state index contributed by atoms with van der Waals surface area (Å²) in [6.45, 7) is 7.68. The maximum absolute atomic E-state index is 12.5. The predicted octanol–water partition coefficient (Wildman–Crippen LogP) is 1.76. The number of amides is 1. The monoisotopic (exact) mass is 396 g/mol. The van der Waals surface area contributed by atoms with Crippen molar-refractivity contribution < 1.29 is 28.5 Å². The summed E-state index contributed by atoms with van der Waals surface area (Å²) in [5.41, 5.74) is -0.790. The summed E-state index contributed by atoms with van der Waals surface area (Å²) < 4.78 is 22.7. The van der Waals surface area contributed by atoms with Crippen molar-refractivity contribution in [1.29, 1.82) is 0 Å². The zero-order chi connectivity index (χ0) is 21.2. The topological polar surface area (TPSA) is 96.3 Å². The lowest BCUT2D eigenvalue weighted by Crippen LogP contribution is -2.45. The lowest BCUT2D eigenvalue weighted by Gasteiger charge is -2.32. The Labute approximate surface area is 164 Å². The largest absolute Gasteiger partial charge is 0.491 e. The Bertz CT molecular complexity index is 810. The number of pyridine rings is 1. The molecular formula is C19H28N2O7. The molecule has 1 aromatic heterocycles. The summed E-state index contributed by atoms with van der Waals surface area (Å²) in [5, 5.41) is 0. The van der Waals surface area contributed by atoms with Gasteiger partial charge < -0.3 is 28.4 Å². The van der Waals surface area contributed by atoms with Gasteiger partial charge in [0.1, 0.15) is 11.2 Å². The van der Waals surface area contributed by atoms with Crippen LogP contribution in [0, 0.1) is 6.92 Å². The molecule has 28 heavy (non-hydrogen) atoms. The number of nitrogens with zero attached hydrogens (tertiary/aromatic N) is 2. The Balaban J connectivity index is 2.46. The second kappa shape index (κ2) is 8.22. The Kier molecular flexibility index (Phi) is 6.38. The van der Waals surface area contributed by atoms with E-state index < -0.39 is 23.1 Å². The van der Waals surface area contributed by atoms with E-state index in [-0.39, 0.29) is 23.4 Å². The molecule has 2 atom stereocenters. The minimum atomic E-state index is -0.756. The molecule has 2 heterocycles. The van der Waals surface area contributed by atoms with Gasteiger partial charge in [-0.2, -0.15) is 0 Å². The predicted molar refractivity (Wildman–Crippen MR) is 101 cm³/mol. The zero-order valence-corrected chi connectivity index (χ0v) is 17.4. The van der Waals surface area contributed by atoms with Gasteiger partial charge in [0.15, 0.2) is 5.75 Å². The molecule has 1 saturated heterocycles. The van der Waals surface area contributed by atoms with E-state index >= 15 is 0 Å². The number of carbonyl (C=O) groups excluding carboxylic acids is 2. The van der Waals surface area contributed by atoms with Gasteiger partial charge in [0.2, 0.25) is 5.43 Å². The van der Waals surface area contributed by atoms with Gasteiger partial charge >= 0.3 is 12.1 Å². The number of hydrogen-bond donors (Lipinski definition) is 0. The van der Waals surface area contributed by atoms with Gasteiger partial charge in [-0.25, -0.2) is 9.59 Å². The molecule has 0 radical (unpaired) electrons. The summed E-state index contributed by atoms with van der Waals surface area (Å²) in [5.74, 6) is -0.707. The van der Waals surface area contributed by atoms with Gasteiger partial charge in [0.25, 0.3) is 0 Å². The third-order valence-electron chi connectivity index (χ3n) is 4.60. The summed E-state index contributed by atoms with van der Waals surface area (Å²) >= 11 is 0. The van der Waals surface area contributed by atoms with Gasteiger partial charge in [0, 0.05) is 13.2 Å². The Morgan fingerprint density at radius 2 is 1.89 bits per heavy atom. The maximum Gasteiger partial charge on any atom is 0.410 e. The third-order valence-corrected chi connectivity index (χ3v) is 4.60. The molecule has 0 N–H and O–H groups in total. The summed E-state index contributed by atoms with van der Waals surface area (Å²) in [7, 11) is 4.21. The summed E-state index contributed by atoms with van der Waals surface area (Å²) in [6, 6.07) is -0.693. The smallest absolute Gasteiger partial charge is 0.410 e. The van der Waals surface area contributed by atoms with E-state index in [0.29, 0.717) is 18.9 Å². The number of likely N-dealkylation sites (N-methyl/N-ethyl adjacent to an activating group) is 1. The molecular weight excluding hydrogens is 368 g/mol. The molecule has 1 amide bonds. The first kappa shape index (κ1) is 21.7. The maximum atomic E-state index is 12.5. The molecule has 0 unspecified atom stereocenters. The highest BCUT2D eigenvalue weighted by atomic mass is 16.6. The highest BCUT2D eigenvalue weighted by Gasteiger charge is 2.38. The number of esters is 1. The molecule has 0 spiro atoms. The number of methoxy groups -OCH3 is 2. The molecule has 1 fully saturated rings. The van der Waals surface area contributed by atoms with Crippen molar-refractivity contribution in [2.75, 3.05) is 34.5 Å². The quantitative estimate of drug-likeness (QED) is 0.716. The van der Waals surface area contributed by atoms with Gasteiger partial charge in [-0.05, 0) is 27.7 Å². The molecule has 0 aromatic carbocycles. The van der Waals surface area contributed by atoms with Crippen LogP contribution in [0.4, 0.5) is 4.79 Å². The second-order valence-electron chi connectivity index (χ2n) is 7.65. The molecule has 9 heteroatoms. The second-order valence-corrected chi connectivity index (χ2v) is 7.65. The normalized spacial score (nSPS) is 19.2. The van der Waals surface area contributed by atoms with E-state index in [4.69, 9.17) is 18.9 Å². The first-order chi connectivity index (χ1) is 13.0. The van der Waals surface area contributed by atoms with E-state index in [0.717, 1.165) is 0 Å². The van der Waals surface area contributed by atoms with E-state index in [9.17, 15) is 14.4 Å². The molecule has 1 aliphatic heterocycles. The average Bonchev–Trinajstić information content (AvgIpc) is 3.09. The molecule has 1 aromatic rings. The Morgan fingerprint density at radius 1 is 1.25 bits per heavy atom. The fourth-order valence-corrected chi connectivity index (χ4v) is 3.18. The molecule has 156 valence electrons. The summed E-state index contributed by atoms with van der Waals surface area (Å²) in [6.07, 6.45) is 0.952. The molecule has 0 saturated carbocycles. The first-order valence-corrected chi connectivity index (χ1v) is 8.93. The number of hydrogen-bond acceptors (Lipinski definition) is 7. The van der Waals surface area contributed by atoms with Crippen molar-refractivity contribution in [2.24, 2.45) is 0 Å². The van der Waals surface area contributed by atoms with Crippen molar-refractivity contribution in [3.8, 4) is 5.75 Å². The summed E-state index contributed by atoms with van der Waals surface area (Å²) in [4.78, 5) is 38.5. The standard InChI is InChI=1S/C19H28N2O7/c1-11-16(25-6)15(22)12(17(23)26-7)8-21(11)14-10-27-9-13(14)20(5)18(24)28-19(2,3)4/h8,13-14H,9-10H2,1-7H3/t13-,14-/m1/s1. The minimum absolute atomic E-state index is 0.0495. The van der Waals surface area contributed by atoms with E-state index in [1.165, 1.54) is 25.3 Å². The van der Waals surface area contributed by atoms with Crippen LogP contribution in [0.15, 0.2) is 11.0 Å².